The average Bonchev–Trinajstić information content (AvgIpc) is 3.57. The number of aromatic nitrogens is 5. The maximum atomic E-state index is 14.0. The third-order valence-corrected chi connectivity index (χ3v) is 6.40. The molecule has 0 spiro atoms. The van der Waals surface area contributed by atoms with Crippen LogP contribution < -0.4 is 0 Å². The highest BCUT2D eigenvalue weighted by Gasteiger charge is 2.41. The lowest BCUT2D eigenvalue weighted by Crippen LogP contribution is -2.40. The van der Waals surface area contributed by atoms with Crippen LogP contribution in [0.25, 0.3) is 28.7 Å². The van der Waals surface area contributed by atoms with E-state index in [1.165, 1.54) is 12.3 Å². The molecule has 1 fully saturated rings. The molecule has 10 nitrogen and oxygen atoms in total. The van der Waals surface area contributed by atoms with Crippen LogP contribution >= 0.6 is 0 Å². The lowest BCUT2D eigenvalue weighted by atomic mass is 9.97. The molecule has 1 saturated heterocycles. The number of piperidine rings is 1. The molecular formula is C25H23F3N6O4. The van der Waals surface area contributed by atoms with Crippen molar-refractivity contribution in [3.8, 4) is 28.7 Å². The number of pyridine rings is 1. The summed E-state index contributed by atoms with van der Waals surface area (Å²) in [4.78, 5) is 21.3. The predicted molar refractivity (Wildman–Crippen MR) is 127 cm³/mol. The van der Waals surface area contributed by atoms with Crippen LogP contribution in [0.1, 0.15) is 30.2 Å². The molecule has 13 heteroatoms. The topological polar surface area (TPSA) is 130 Å². The van der Waals surface area contributed by atoms with E-state index in [1.54, 1.807) is 36.4 Å². The number of aliphatic carboxylic acids is 1. The number of carbonyl (C=O) groups is 1. The van der Waals surface area contributed by atoms with E-state index >= 15 is 0 Å². The van der Waals surface area contributed by atoms with Crippen LogP contribution in [0.15, 0.2) is 59.4 Å². The number of benzene rings is 1. The Balaban J connectivity index is 1.34. The summed E-state index contributed by atoms with van der Waals surface area (Å²) < 4.78 is 47.7. The van der Waals surface area contributed by atoms with Gasteiger partial charge in [0.2, 0.25) is 5.82 Å². The molecule has 0 saturated carbocycles. The summed E-state index contributed by atoms with van der Waals surface area (Å²) in [7, 11) is 0. The Morgan fingerprint density at radius 1 is 1.18 bits per heavy atom. The average molecular weight is 528 g/mol. The van der Waals surface area contributed by atoms with Gasteiger partial charge in [-0.05, 0) is 37.1 Å². The Morgan fingerprint density at radius 3 is 2.66 bits per heavy atom. The van der Waals surface area contributed by atoms with Crippen molar-refractivity contribution in [3.05, 3.63) is 66.1 Å². The van der Waals surface area contributed by atoms with Gasteiger partial charge in [0.25, 0.3) is 5.89 Å². The van der Waals surface area contributed by atoms with Crippen molar-refractivity contribution >= 4 is 5.97 Å². The molecule has 4 heterocycles. The molecule has 2 N–H and O–H groups in total. The van der Waals surface area contributed by atoms with Gasteiger partial charge in [-0.25, -0.2) is 9.67 Å². The van der Waals surface area contributed by atoms with Gasteiger partial charge in [-0.15, -0.1) is 0 Å². The monoisotopic (exact) mass is 528 g/mol. The van der Waals surface area contributed by atoms with E-state index in [4.69, 9.17) is 4.52 Å². The van der Waals surface area contributed by atoms with E-state index in [0.29, 0.717) is 35.3 Å². The van der Waals surface area contributed by atoms with Crippen LogP contribution in [-0.4, -0.2) is 65.6 Å². The van der Waals surface area contributed by atoms with Gasteiger partial charge in [0.1, 0.15) is 0 Å². The van der Waals surface area contributed by atoms with Gasteiger partial charge in [0, 0.05) is 24.8 Å². The molecule has 0 aliphatic carbocycles. The molecule has 1 aliphatic rings. The summed E-state index contributed by atoms with van der Waals surface area (Å²) in [5.74, 6) is -1.57. The van der Waals surface area contributed by atoms with Gasteiger partial charge < -0.3 is 14.7 Å². The van der Waals surface area contributed by atoms with E-state index < -0.39 is 29.9 Å². The molecule has 1 aliphatic heterocycles. The number of aliphatic hydroxyl groups is 1. The normalized spacial score (nSPS) is 17.4. The van der Waals surface area contributed by atoms with Crippen molar-refractivity contribution < 1.29 is 32.7 Å². The number of aliphatic hydroxyl groups excluding tert-OH is 1. The Morgan fingerprint density at radius 2 is 1.97 bits per heavy atom. The zero-order valence-corrected chi connectivity index (χ0v) is 19.9. The van der Waals surface area contributed by atoms with Crippen molar-refractivity contribution in [2.24, 2.45) is 5.92 Å². The fourth-order valence-corrected chi connectivity index (χ4v) is 4.51. The minimum absolute atomic E-state index is 0.0111. The highest BCUT2D eigenvalue weighted by atomic mass is 19.4. The molecule has 198 valence electrons. The Kier molecular flexibility index (Phi) is 6.95. The number of rotatable bonds is 7. The van der Waals surface area contributed by atoms with Gasteiger partial charge in [-0.1, -0.05) is 35.5 Å². The lowest BCUT2D eigenvalue weighted by Gasteiger charge is -2.32. The van der Waals surface area contributed by atoms with E-state index in [2.05, 4.69) is 20.2 Å². The minimum Gasteiger partial charge on any atom is -0.481 e. The zero-order chi connectivity index (χ0) is 26.9. The van der Waals surface area contributed by atoms with Crippen LogP contribution in [0.4, 0.5) is 13.2 Å². The number of carboxylic acid groups (broad SMARTS) is 1. The molecule has 4 aromatic rings. The van der Waals surface area contributed by atoms with Gasteiger partial charge in [-0.2, -0.15) is 23.3 Å². The summed E-state index contributed by atoms with van der Waals surface area (Å²) >= 11 is 0. The van der Waals surface area contributed by atoms with Crippen LogP contribution in [0.2, 0.25) is 0 Å². The lowest BCUT2D eigenvalue weighted by molar-refractivity contribution is -0.144. The Labute approximate surface area is 214 Å². The second-order valence-electron chi connectivity index (χ2n) is 9.00. The SMILES string of the molecule is O=C(O)[C@H]1CCCN(CC(O)c2ccc(-c3noc(-c4cnn(-c5ccccn5)c4C(F)(F)F)n3)cc2)C1. The van der Waals surface area contributed by atoms with Gasteiger partial charge in [-0.3, -0.25) is 9.69 Å². The zero-order valence-electron chi connectivity index (χ0n) is 19.9. The van der Waals surface area contributed by atoms with Gasteiger partial charge in [0.15, 0.2) is 11.5 Å². The summed E-state index contributed by atoms with van der Waals surface area (Å²) in [6, 6.07) is 11.1. The first-order valence-corrected chi connectivity index (χ1v) is 11.8. The molecule has 5 rings (SSSR count). The fraction of sp³-hybridized carbons (Fsp3) is 0.320. The van der Waals surface area contributed by atoms with Crippen molar-refractivity contribution in [1.29, 1.82) is 0 Å². The number of halogens is 3. The highest BCUT2D eigenvalue weighted by molar-refractivity contribution is 5.70. The van der Waals surface area contributed by atoms with Gasteiger partial charge in [0.05, 0.1) is 23.8 Å². The smallest absolute Gasteiger partial charge is 0.434 e. The maximum absolute atomic E-state index is 14.0. The molecule has 2 atom stereocenters. The van der Waals surface area contributed by atoms with Gasteiger partial charge >= 0.3 is 12.1 Å². The molecule has 1 unspecified atom stereocenters. The van der Waals surface area contributed by atoms with E-state index in [1.807, 2.05) is 4.90 Å². The number of alkyl halides is 3. The number of carboxylic acids is 1. The first-order chi connectivity index (χ1) is 18.2. The number of β-amino-alcohol motifs (C(OH)–C–C–N with tert-alkyl or cyclic N) is 1. The number of hydrogen-bond acceptors (Lipinski definition) is 8. The summed E-state index contributed by atoms with van der Waals surface area (Å²) in [6.07, 6.45) is -1.87. The summed E-state index contributed by atoms with van der Waals surface area (Å²) in [6.45, 7) is 1.38. The molecular weight excluding hydrogens is 505 g/mol. The second kappa shape index (κ2) is 10.3. The van der Waals surface area contributed by atoms with Crippen LogP contribution in [-0.2, 0) is 11.0 Å². The molecule has 1 aromatic carbocycles. The van der Waals surface area contributed by atoms with Crippen molar-refractivity contribution in [1.82, 2.24) is 29.8 Å². The standard InChI is InChI=1S/C25H23F3N6O4/c26-25(27,28)21-18(12-30-34(21)20-5-1-2-10-29-20)23-31-22(32-38-23)16-8-6-15(7-9-16)19(35)14-33-11-3-4-17(13-33)24(36)37/h1-2,5-10,12,17,19,35H,3-4,11,13-14H2,(H,36,37)/t17-,19?/m0/s1. The minimum atomic E-state index is -4.77. The Bertz CT molecular complexity index is 1400. The number of likely N-dealkylation sites (tertiary alicyclic amines) is 1. The van der Waals surface area contributed by atoms with E-state index in [0.717, 1.165) is 12.6 Å². The number of nitrogens with zero attached hydrogens (tertiary/aromatic N) is 6. The maximum Gasteiger partial charge on any atom is 0.434 e. The second-order valence-corrected chi connectivity index (χ2v) is 9.00. The van der Waals surface area contributed by atoms with Crippen LogP contribution in [0.3, 0.4) is 0 Å². The van der Waals surface area contributed by atoms with E-state index in [9.17, 15) is 28.2 Å². The van der Waals surface area contributed by atoms with E-state index in [-0.39, 0.29) is 29.6 Å². The molecule has 3 aromatic heterocycles. The van der Waals surface area contributed by atoms with Crippen molar-refractivity contribution in [3.63, 3.8) is 0 Å². The third kappa shape index (κ3) is 5.29. The largest absolute Gasteiger partial charge is 0.481 e. The predicted octanol–water partition coefficient (Wildman–Crippen LogP) is 3.83. The van der Waals surface area contributed by atoms with Crippen molar-refractivity contribution in [2.45, 2.75) is 25.1 Å². The molecule has 0 bridgehead atoms. The molecule has 38 heavy (non-hydrogen) atoms. The summed E-state index contributed by atoms with van der Waals surface area (Å²) in [5.41, 5.74) is -0.390. The van der Waals surface area contributed by atoms with Crippen molar-refractivity contribution in [2.75, 3.05) is 19.6 Å². The first kappa shape index (κ1) is 25.5. The fourth-order valence-electron chi connectivity index (χ4n) is 4.51. The quantitative estimate of drug-likeness (QED) is 0.367. The number of hydrogen-bond donors (Lipinski definition) is 2. The van der Waals surface area contributed by atoms with Crippen LogP contribution in [0, 0.1) is 5.92 Å². The third-order valence-electron chi connectivity index (χ3n) is 6.40. The van der Waals surface area contributed by atoms with Crippen LogP contribution in [0.5, 0.6) is 0 Å². The highest BCUT2D eigenvalue weighted by Crippen LogP contribution is 2.38. The summed E-state index contributed by atoms with van der Waals surface area (Å²) in [5, 5.41) is 27.6. The molecule has 0 amide bonds. The first-order valence-electron chi connectivity index (χ1n) is 11.8. The molecule has 0 radical (unpaired) electrons. The Hall–Kier alpha value is -4.10.